The predicted molar refractivity (Wildman–Crippen MR) is 177 cm³/mol. The summed E-state index contributed by atoms with van der Waals surface area (Å²) in [6, 6.07) is 29.5. The second-order valence-corrected chi connectivity index (χ2v) is 10.9. The molecule has 6 nitrogen and oxygen atoms in total. The topological polar surface area (TPSA) is 72.4 Å². The van der Waals surface area contributed by atoms with E-state index in [1.54, 1.807) is 24.8 Å². The lowest BCUT2D eigenvalue weighted by Gasteiger charge is -2.16. The standard InChI is InChI=1S/C38H27N3O3S/c42-36-26-35(45)38(43)41(36)24-25-44-37-33(14-8-27-4-10-29(11-5-27)31-16-20-39-21-17-31)2-1-3-34(37)15-9-28-6-12-30(13-7-28)32-18-22-40-23-19-32/h1-7,10-13,16-23,35,45H,24-26H2. The second kappa shape index (κ2) is 13.8. The molecule has 2 amide bonds. The van der Waals surface area contributed by atoms with Gasteiger partial charge in [-0.15, -0.1) is 0 Å². The number of amides is 2. The van der Waals surface area contributed by atoms with Crippen LogP contribution in [0.5, 0.6) is 5.75 Å². The van der Waals surface area contributed by atoms with Crippen molar-refractivity contribution < 1.29 is 14.3 Å². The van der Waals surface area contributed by atoms with Crippen LogP contribution < -0.4 is 4.74 Å². The summed E-state index contributed by atoms with van der Waals surface area (Å²) < 4.78 is 6.21. The Labute approximate surface area is 267 Å². The number of aromatic nitrogens is 2. The van der Waals surface area contributed by atoms with Crippen LogP contribution in [0.25, 0.3) is 22.3 Å². The van der Waals surface area contributed by atoms with Gasteiger partial charge in [0, 0.05) is 42.3 Å². The number of imide groups is 1. The van der Waals surface area contributed by atoms with Crippen molar-refractivity contribution in [2.45, 2.75) is 11.7 Å². The third kappa shape index (κ3) is 7.13. The van der Waals surface area contributed by atoms with Gasteiger partial charge in [-0.3, -0.25) is 24.5 Å². The number of carbonyl (C=O) groups excluding carboxylic acids is 2. The van der Waals surface area contributed by atoms with Crippen molar-refractivity contribution >= 4 is 24.4 Å². The van der Waals surface area contributed by atoms with E-state index in [1.807, 2.05) is 91.0 Å². The number of para-hydroxylation sites is 1. The molecule has 1 aliphatic rings. The zero-order valence-corrected chi connectivity index (χ0v) is 25.1. The fourth-order valence-electron chi connectivity index (χ4n) is 4.89. The monoisotopic (exact) mass is 605 g/mol. The van der Waals surface area contributed by atoms with Gasteiger partial charge in [0.05, 0.1) is 22.9 Å². The average Bonchev–Trinajstić information content (AvgIpc) is 3.34. The van der Waals surface area contributed by atoms with Crippen LogP contribution in [0.3, 0.4) is 0 Å². The van der Waals surface area contributed by atoms with E-state index in [2.05, 4.69) is 46.3 Å². The van der Waals surface area contributed by atoms with E-state index in [9.17, 15) is 9.59 Å². The Bertz CT molecular complexity index is 1840. The van der Waals surface area contributed by atoms with Crippen LogP contribution in [0.2, 0.25) is 0 Å². The lowest BCUT2D eigenvalue weighted by atomic mass is 10.0. The van der Waals surface area contributed by atoms with Gasteiger partial charge in [-0.2, -0.15) is 12.6 Å². The Balaban J connectivity index is 1.26. The summed E-state index contributed by atoms with van der Waals surface area (Å²) in [6.07, 6.45) is 7.17. The molecule has 5 aromatic rings. The number of hydrogen-bond donors (Lipinski definition) is 1. The molecule has 0 bridgehead atoms. The molecule has 1 saturated heterocycles. The minimum absolute atomic E-state index is 0.0979. The van der Waals surface area contributed by atoms with Crippen LogP contribution in [0, 0.1) is 23.7 Å². The highest BCUT2D eigenvalue weighted by molar-refractivity contribution is 7.81. The zero-order chi connectivity index (χ0) is 31.0. The van der Waals surface area contributed by atoms with E-state index in [-0.39, 0.29) is 31.4 Å². The molecule has 0 N–H and O–H groups in total. The first kappa shape index (κ1) is 29.4. The summed E-state index contributed by atoms with van der Waals surface area (Å²) in [5, 5.41) is -0.605. The lowest BCUT2D eigenvalue weighted by molar-refractivity contribution is -0.138. The van der Waals surface area contributed by atoms with Crippen molar-refractivity contribution in [3.8, 4) is 51.7 Å². The number of thiol groups is 1. The number of rotatable bonds is 6. The van der Waals surface area contributed by atoms with Gasteiger partial charge in [0.1, 0.15) is 6.61 Å². The van der Waals surface area contributed by atoms with E-state index in [4.69, 9.17) is 4.74 Å². The molecule has 0 radical (unpaired) electrons. The van der Waals surface area contributed by atoms with Crippen molar-refractivity contribution in [3.63, 3.8) is 0 Å². The molecule has 6 rings (SSSR count). The summed E-state index contributed by atoms with van der Waals surface area (Å²) in [6.45, 7) is 0.225. The van der Waals surface area contributed by atoms with Gasteiger partial charge in [0.2, 0.25) is 11.8 Å². The summed E-state index contributed by atoms with van der Waals surface area (Å²) in [4.78, 5) is 34.0. The molecule has 7 heteroatoms. The largest absolute Gasteiger partial charge is 0.489 e. The van der Waals surface area contributed by atoms with Crippen molar-refractivity contribution in [2.75, 3.05) is 13.2 Å². The normalized spacial score (nSPS) is 13.9. The lowest BCUT2D eigenvalue weighted by Crippen LogP contribution is -2.34. The van der Waals surface area contributed by atoms with Crippen LogP contribution in [-0.2, 0) is 9.59 Å². The highest BCUT2D eigenvalue weighted by Crippen LogP contribution is 2.25. The quantitative estimate of drug-likeness (QED) is 0.145. The maximum Gasteiger partial charge on any atom is 0.242 e. The molecule has 1 atom stereocenters. The maximum absolute atomic E-state index is 12.4. The van der Waals surface area contributed by atoms with Gasteiger partial charge in [0.25, 0.3) is 0 Å². The molecule has 2 aromatic heterocycles. The first-order valence-corrected chi connectivity index (χ1v) is 14.9. The van der Waals surface area contributed by atoms with Crippen LogP contribution in [-0.4, -0.2) is 45.1 Å². The molecule has 3 aromatic carbocycles. The third-order valence-electron chi connectivity index (χ3n) is 7.28. The molecule has 0 saturated carbocycles. The minimum Gasteiger partial charge on any atom is -0.489 e. The number of benzene rings is 3. The van der Waals surface area contributed by atoms with Gasteiger partial charge >= 0.3 is 0 Å². The Kier molecular flexibility index (Phi) is 9.01. The Morgan fingerprint density at radius 3 is 1.58 bits per heavy atom. The summed E-state index contributed by atoms with van der Waals surface area (Å²) in [5.41, 5.74) is 7.31. The fourth-order valence-corrected chi connectivity index (χ4v) is 5.18. The molecule has 0 spiro atoms. The molecule has 0 aliphatic carbocycles. The molecular weight excluding hydrogens is 579 g/mol. The Morgan fingerprint density at radius 1 is 0.667 bits per heavy atom. The molecule has 218 valence electrons. The Morgan fingerprint density at radius 2 is 1.13 bits per heavy atom. The van der Waals surface area contributed by atoms with Gasteiger partial charge in [0.15, 0.2) is 5.75 Å². The smallest absolute Gasteiger partial charge is 0.242 e. The number of likely N-dealkylation sites (tertiary alicyclic amines) is 1. The van der Waals surface area contributed by atoms with Crippen molar-refractivity contribution in [2.24, 2.45) is 0 Å². The van der Waals surface area contributed by atoms with Gasteiger partial charge in [-0.05, 0) is 82.9 Å². The minimum atomic E-state index is -0.605. The van der Waals surface area contributed by atoms with Crippen molar-refractivity contribution in [1.82, 2.24) is 14.9 Å². The molecule has 1 unspecified atom stereocenters. The summed E-state index contributed by atoms with van der Waals surface area (Å²) >= 11 is 4.21. The van der Waals surface area contributed by atoms with Gasteiger partial charge in [-0.25, -0.2) is 0 Å². The number of hydrogen-bond acceptors (Lipinski definition) is 6. The Hall–Kier alpha value is -5.63. The van der Waals surface area contributed by atoms with Crippen molar-refractivity contribution in [3.05, 3.63) is 138 Å². The van der Waals surface area contributed by atoms with E-state index < -0.39 is 5.25 Å². The maximum atomic E-state index is 12.4. The molecule has 1 fully saturated rings. The second-order valence-electron chi connectivity index (χ2n) is 10.3. The number of nitrogens with zero attached hydrogens (tertiary/aromatic N) is 3. The van der Waals surface area contributed by atoms with Crippen LogP contribution in [0.4, 0.5) is 0 Å². The molecule has 45 heavy (non-hydrogen) atoms. The van der Waals surface area contributed by atoms with E-state index in [0.717, 1.165) is 33.4 Å². The summed E-state index contributed by atoms with van der Waals surface area (Å²) in [7, 11) is 0. The van der Waals surface area contributed by atoms with E-state index in [0.29, 0.717) is 16.9 Å². The van der Waals surface area contributed by atoms with E-state index >= 15 is 0 Å². The van der Waals surface area contributed by atoms with Crippen LogP contribution >= 0.6 is 12.6 Å². The van der Waals surface area contributed by atoms with Crippen LogP contribution in [0.1, 0.15) is 28.7 Å². The summed E-state index contributed by atoms with van der Waals surface area (Å²) in [5.74, 6) is 12.9. The fraction of sp³-hybridized carbons (Fsp3) is 0.105. The molecule has 1 aliphatic heterocycles. The van der Waals surface area contributed by atoms with Gasteiger partial charge in [-0.1, -0.05) is 54.0 Å². The molecule has 3 heterocycles. The van der Waals surface area contributed by atoms with Gasteiger partial charge < -0.3 is 4.74 Å². The average molecular weight is 606 g/mol. The zero-order valence-electron chi connectivity index (χ0n) is 24.2. The SMILES string of the molecule is O=C1CC(S)C(=O)N1CCOc1c(C#Cc2ccc(-c3ccncc3)cc2)cccc1C#Cc1ccc(-c2ccncc2)cc1. The highest BCUT2D eigenvalue weighted by Gasteiger charge is 2.36. The number of ether oxygens (including phenoxy) is 1. The number of carbonyl (C=O) groups is 2. The first-order chi connectivity index (χ1) is 22.0. The highest BCUT2D eigenvalue weighted by atomic mass is 32.1. The number of pyridine rings is 2. The third-order valence-corrected chi connectivity index (χ3v) is 7.68. The van der Waals surface area contributed by atoms with Crippen molar-refractivity contribution in [1.29, 1.82) is 0 Å². The van der Waals surface area contributed by atoms with Crippen LogP contribution in [0.15, 0.2) is 116 Å². The van der Waals surface area contributed by atoms with E-state index in [1.165, 1.54) is 4.90 Å². The predicted octanol–water partition coefficient (Wildman–Crippen LogP) is 6.05. The first-order valence-electron chi connectivity index (χ1n) is 14.4. The molecular formula is C38H27N3O3S.